The highest BCUT2D eigenvalue weighted by Crippen LogP contribution is 2.44. The van der Waals surface area contributed by atoms with E-state index in [0.29, 0.717) is 19.0 Å². The summed E-state index contributed by atoms with van der Waals surface area (Å²) in [7, 11) is 0. The lowest BCUT2D eigenvalue weighted by molar-refractivity contribution is 0.0834. The maximum atomic E-state index is 10.4. The zero-order chi connectivity index (χ0) is 18.3. The number of ether oxygens (including phenoxy) is 3. The van der Waals surface area contributed by atoms with Crippen molar-refractivity contribution in [2.24, 2.45) is 0 Å². The highest BCUT2D eigenvalue weighted by molar-refractivity contribution is 5.88. The van der Waals surface area contributed by atoms with Gasteiger partial charge < -0.3 is 19.3 Å². The molecule has 0 bridgehead atoms. The van der Waals surface area contributed by atoms with Crippen molar-refractivity contribution in [1.82, 2.24) is 0 Å². The highest BCUT2D eigenvalue weighted by Gasteiger charge is 2.30. The van der Waals surface area contributed by atoms with Crippen LogP contribution in [0, 0.1) is 0 Å². The van der Waals surface area contributed by atoms with Crippen molar-refractivity contribution < 1.29 is 19.3 Å². The number of rotatable bonds is 3. The minimum atomic E-state index is -0.134. The Morgan fingerprint density at radius 3 is 2.81 bits per heavy atom. The first-order valence-electron chi connectivity index (χ1n) is 9.11. The average Bonchev–Trinajstić information content (AvgIpc) is 2.60. The molecule has 0 spiro atoms. The Hall–Kier alpha value is -2.62. The minimum Gasteiger partial charge on any atom is -0.507 e. The molecule has 26 heavy (non-hydrogen) atoms. The van der Waals surface area contributed by atoms with E-state index in [4.69, 9.17) is 14.2 Å². The van der Waals surface area contributed by atoms with E-state index in [2.05, 4.69) is 19.9 Å². The second-order valence-electron chi connectivity index (χ2n) is 7.39. The number of hydrogen-bond donors (Lipinski definition) is 1. The lowest BCUT2D eigenvalue weighted by Gasteiger charge is -2.34. The third kappa shape index (κ3) is 3.00. The number of phenolic OH excluding ortho intramolecular Hbond substituents is 1. The summed E-state index contributed by atoms with van der Waals surface area (Å²) in [6, 6.07) is 9.45. The molecule has 0 aliphatic carbocycles. The van der Waals surface area contributed by atoms with E-state index in [1.165, 1.54) is 0 Å². The SMILES string of the molecule is CCOc1ccc(C2=Cc3ccc4c(c3OC2)CCC(C)(C)O4)c(O)c1. The van der Waals surface area contributed by atoms with Crippen LogP contribution in [0.1, 0.15) is 43.9 Å². The second-order valence-corrected chi connectivity index (χ2v) is 7.39. The average molecular weight is 352 g/mol. The predicted molar refractivity (Wildman–Crippen MR) is 102 cm³/mol. The maximum Gasteiger partial charge on any atom is 0.133 e. The molecule has 4 heteroatoms. The van der Waals surface area contributed by atoms with Crippen LogP contribution in [0.25, 0.3) is 11.6 Å². The molecule has 0 unspecified atom stereocenters. The van der Waals surface area contributed by atoms with Gasteiger partial charge in [-0.2, -0.15) is 0 Å². The number of hydrogen-bond acceptors (Lipinski definition) is 4. The van der Waals surface area contributed by atoms with Crippen LogP contribution in [-0.2, 0) is 6.42 Å². The zero-order valence-electron chi connectivity index (χ0n) is 15.5. The molecule has 1 N–H and O–H groups in total. The van der Waals surface area contributed by atoms with Crippen molar-refractivity contribution in [3.63, 3.8) is 0 Å². The van der Waals surface area contributed by atoms with Gasteiger partial charge in [0, 0.05) is 28.3 Å². The van der Waals surface area contributed by atoms with Gasteiger partial charge in [0.1, 0.15) is 35.2 Å². The van der Waals surface area contributed by atoms with E-state index in [0.717, 1.165) is 46.6 Å². The van der Waals surface area contributed by atoms with Gasteiger partial charge in [0.2, 0.25) is 0 Å². The molecule has 136 valence electrons. The molecule has 0 saturated carbocycles. The minimum absolute atomic E-state index is 0.134. The number of benzene rings is 2. The molecule has 4 nitrogen and oxygen atoms in total. The smallest absolute Gasteiger partial charge is 0.133 e. The number of aromatic hydroxyl groups is 1. The lowest BCUT2D eigenvalue weighted by atomic mass is 9.91. The van der Waals surface area contributed by atoms with E-state index in [1.54, 1.807) is 6.07 Å². The normalized spacial score (nSPS) is 17.3. The molecule has 0 saturated heterocycles. The first kappa shape index (κ1) is 16.8. The molecule has 0 aromatic heterocycles. The summed E-state index contributed by atoms with van der Waals surface area (Å²) in [6.45, 7) is 7.15. The van der Waals surface area contributed by atoms with Crippen molar-refractivity contribution in [3.05, 3.63) is 47.0 Å². The molecular formula is C22H24O4. The van der Waals surface area contributed by atoms with Crippen LogP contribution in [0.5, 0.6) is 23.0 Å². The standard InChI is InChI=1S/C22H24O4/c1-4-24-16-6-7-17(19(23)12-16)15-11-14-5-8-20-18(21(14)25-13-15)9-10-22(2,3)26-20/h5-8,11-12,23H,4,9-10,13H2,1-3H3. The van der Waals surface area contributed by atoms with Crippen molar-refractivity contribution in [3.8, 4) is 23.0 Å². The summed E-state index contributed by atoms with van der Waals surface area (Å²) in [6.07, 6.45) is 4.01. The Labute approximate surface area is 154 Å². The van der Waals surface area contributed by atoms with Crippen molar-refractivity contribution in [1.29, 1.82) is 0 Å². The largest absolute Gasteiger partial charge is 0.507 e. The van der Waals surface area contributed by atoms with Crippen molar-refractivity contribution >= 4 is 11.6 Å². The van der Waals surface area contributed by atoms with Crippen LogP contribution in [0.4, 0.5) is 0 Å². The van der Waals surface area contributed by atoms with E-state index >= 15 is 0 Å². The maximum absolute atomic E-state index is 10.4. The van der Waals surface area contributed by atoms with Gasteiger partial charge in [-0.05, 0) is 64.0 Å². The quantitative estimate of drug-likeness (QED) is 0.860. The molecule has 0 amide bonds. The van der Waals surface area contributed by atoms with Crippen LogP contribution < -0.4 is 14.2 Å². The summed E-state index contributed by atoms with van der Waals surface area (Å²) in [5.41, 5.74) is 3.77. The molecule has 2 aliphatic heterocycles. The van der Waals surface area contributed by atoms with E-state index in [9.17, 15) is 5.11 Å². The summed E-state index contributed by atoms with van der Waals surface area (Å²) in [5.74, 6) is 2.70. The molecule has 2 aromatic rings. The van der Waals surface area contributed by atoms with Crippen LogP contribution in [-0.4, -0.2) is 23.9 Å². The predicted octanol–water partition coefficient (Wildman–Crippen LogP) is 4.83. The molecule has 0 fully saturated rings. The molecular weight excluding hydrogens is 328 g/mol. The van der Waals surface area contributed by atoms with Gasteiger partial charge >= 0.3 is 0 Å². The van der Waals surface area contributed by atoms with Crippen molar-refractivity contribution in [2.45, 2.75) is 39.2 Å². The Balaban J connectivity index is 1.69. The van der Waals surface area contributed by atoms with E-state index in [1.807, 2.05) is 31.2 Å². The van der Waals surface area contributed by atoms with Gasteiger partial charge in [-0.15, -0.1) is 0 Å². The van der Waals surface area contributed by atoms with Crippen LogP contribution in [0.15, 0.2) is 30.3 Å². The molecule has 2 aromatic carbocycles. The zero-order valence-corrected chi connectivity index (χ0v) is 15.5. The summed E-state index contributed by atoms with van der Waals surface area (Å²) in [5, 5.41) is 10.4. The van der Waals surface area contributed by atoms with Crippen LogP contribution in [0.3, 0.4) is 0 Å². The first-order chi connectivity index (χ1) is 12.5. The third-order valence-corrected chi connectivity index (χ3v) is 4.94. The molecule has 4 rings (SSSR count). The van der Waals surface area contributed by atoms with Gasteiger partial charge in [0.15, 0.2) is 0 Å². The summed E-state index contributed by atoms with van der Waals surface area (Å²) < 4.78 is 17.6. The summed E-state index contributed by atoms with van der Waals surface area (Å²) in [4.78, 5) is 0. The van der Waals surface area contributed by atoms with Gasteiger partial charge in [-0.3, -0.25) is 0 Å². The van der Waals surface area contributed by atoms with E-state index < -0.39 is 0 Å². The Kier molecular flexibility index (Phi) is 4.06. The fourth-order valence-electron chi connectivity index (χ4n) is 3.59. The lowest BCUT2D eigenvalue weighted by Crippen LogP contribution is -2.33. The topological polar surface area (TPSA) is 47.9 Å². The molecule has 2 heterocycles. The third-order valence-electron chi connectivity index (χ3n) is 4.94. The monoisotopic (exact) mass is 352 g/mol. The molecule has 0 atom stereocenters. The summed E-state index contributed by atoms with van der Waals surface area (Å²) >= 11 is 0. The second kappa shape index (κ2) is 6.27. The van der Waals surface area contributed by atoms with Gasteiger partial charge in [-0.1, -0.05) is 0 Å². The van der Waals surface area contributed by atoms with Gasteiger partial charge in [0.05, 0.1) is 6.61 Å². The van der Waals surface area contributed by atoms with Crippen LogP contribution in [0.2, 0.25) is 0 Å². The Morgan fingerprint density at radius 1 is 1.19 bits per heavy atom. The fraction of sp³-hybridized carbons (Fsp3) is 0.364. The molecule has 2 aliphatic rings. The highest BCUT2D eigenvalue weighted by atomic mass is 16.5. The first-order valence-corrected chi connectivity index (χ1v) is 9.11. The van der Waals surface area contributed by atoms with Gasteiger partial charge in [-0.25, -0.2) is 0 Å². The Morgan fingerprint density at radius 2 is 2.04 bits per heavy atom. The van der Waals surface area contributed by atoms with Crippen molar-refractivity contribution in [2.75, 3.05) is 13.2 Å². The fourth-order valence-corrected chi connectivity index (χ4v) is 3.59. The number of fused-ring (bicyclic) bond motifs is 3. The molecule has 0 radical (unpaired) electrons. The number of phenols is 1. The van der Waals surface area contributed by atoms with E-state index in [-0.39, 0.29) is 11.4 Å². The Bertz CT molecular complexity index is 880. The van der Waals surface area contributed by atoms with Gasteiger partial charge in [0.25, 0.3) is 0 Å². The van der Waals surface area contributed by atoms with Crippen LogP contribution >= 0.6 is 0 Å².